The van der Waals surface area contributed by atoms with Crippen LogP contribution in [0.2, 0.25) is 0 Å². The van der Waals surface area contributed by atoms with E-state index >= 15 is 0 Å². The molecular formula is C13H12N6O2. The smallest absolute Gasteiger partial charge is 0.305 e. The first kappa shape index (κ1) is 13.0. The number of hydrogen-bond donors (Lipinski definition) is 1. The lowest BCUT2D eigenvalue weighted by Gasteiger charge is -2.04. The molecule has 0 bridgehead atoms. The SMILES string of the molecule is Cn1c(CNc2ncc([N+](=O)[O-])cn2)nc2ccccc21. The predicted molar refractivity (Wildman–Crippen MR) is 76.7 cm³/mol. The number of rotatable bonds is 4. The molecule has 3 aromatic rings. The van der Waals surface area contributed by atoms with E-state index in [0.717, 1.165) is 16.9 Å². The highest BCUT2D eigenvalue weighted by atomic mass is 16.6. The molecule has 8 heteroatoms. The molecule has 0 fully saturated rings. The van der Waals surface area contributed by atoms with Gasteiger partial charge >= 0.3 is 5.69 Å². The maximum Gasteiger partial charge on any atom is 0.305 e. The molecule has 8 nitrogen and oxygen atoms in total. The predicted octanol–water partition coefficient (Wildman–Crippen LogP) is 1.88. The molecule has 0 saturated heterocycles. The van der Waals surface area contributed by atoms with E-state index in [9.17, 15) is 10.1 Å². The van der Waals surface area contributed by atoms with Crippen LogP contribution in [-0.4, -0.2) is 24.4 Å². The molecule has 0 atom stereocenters. The van der Waals surface area contributed by atoms with Crippen molar-refractivity contribution in [3.63, 3.8) is 0 Å². The van der Waals surface area contributed by atoms with Crippen LogP contribution in [0.15, 0.2) is 36.7 Å². The Kier molecular flexibility index (Phi) is 3.19. The lowest BCUT2D eigenvalue weighted by Crippen LogP contribution is -2.08. The van der Waals surface area contributed by atoms with Gasteiger partial charge in [0.15, 0.2) is 0 Å². The molecule has 106 valence electrons. The van der Waals surface area contributed by atoms with Crippen LogP contribution in [0, 0.1) is 10.1 Å². The number of imidazole rings is 1. The zero-order chi connectivity index (χ0) is 14.8. The summed E-state index contributed by atoms with van der Waals surface area (Å²) in [6.45, 7) is 0.434. The van der Waals surface area contributed by atoms with Gasteiger partial charge in [-0.3, -0.25) is 10.1 Å². The molecule has 21 heavy (non-hydrogen) atoms. The third kappa shape index (κ3) is 2.50. The van der Waals surface area contributed by atoms with Crippen LogP contribution in [0.5, 0.6) is 0 Å². The standard InChI is InChI=1S/C13H12N6O2/c1-18-11-5-3-2-4-10(11)17-12(18)8-16-13-14-6-9(7-15-13)19(20)21/h2-7H,8H2,1H3,(H,14,15,16). The first-order valence-corrected chi connectivity index (χ1v) is 6.26. The maximum absolute atomic E-state index is 10.5. The number of nitrogens with zero attached hydrogens (tertiary/aromatic N) is 5. The molecule has 2 heterocycles. The van der Waals surface area contributed by atoms with Gasteiger partial charge in [0.25, 0.3) is 0 Å². The van der Waals surface area contributed by atoms with Gasteiger partial charge in [-0.1, -0.05) is 12.1 Å². The van der Waals surface area contributed by atoms with Crippen molar-refractivity contribution in [1.29, 1.82) is 0 Å². The summed E-state index contributed by atoms with van der Waals surface area (Å²) >= 11 is 0. The zero-order valence-corrected chi connectivity index (χ0v) is 11.2. The van der Waals surface area contributed by atoms with Crippen LogP contribution in [0.25, 0.3) is 11.0 Å². The van der Waals surface area contributed by atoms with Gasteiger partial charge in [-0.05, 0) is 12.1 Å². The number of aryl methyl sites for hydroxylation is 1. The minimum Gasteiger partial charge on any atom is -0.347 e. The van der Waals surface area contributed by atoms with Gasteiger partial charge in [0.2, 0.25) is 5.95 Å². The van der Waals surface area contributed by atoms with Crippen molar-refractivity contribution < 1.29 is 4.92 Å². The topological polar surface area (TPSA) is 98.8 Å². The molecule has 0 aliphatic heterocycles. The molecule has 0 saturated carbocycles. The van der Waals surface area contributed by atoms with E-state index in [0.29, 0.717) is 12.5 Å². The third-order valence-electron chi connectivity index (χ3n) is 3.13. The summed E-state index contributed by atoms with van der Waals surface area (Å²) in [7, 11) is 1.93. The van der Waals surface area contributed by atoms with Crippen LogP contribution >= 0.6 is 0 Å². The van der Waals surface area contributed by atoms with Crippen molar-refractivity contribution in [3.05, 3.63) is 52.6 Å². The van der Waals surface area contributed by atoms with Crippen molar-refractivity contribution >= 4 is 22.7 Å². The van der Waals surface area contributed by atoms with E-state index in [4.69, 9.17) is 0 Å². The third-order valence-corrected chi connectivity index (χ3v) is 3.13. The van der Waals surface area contributed by atoms with E-state index in [1.165, 1.54) is 12.4 Å². The van der Waals surface area contributed by atoms with Crippen molar-refractivity contribution in [2.45, 2.75) is 6.54 Å². The fraction of sp³-hybridized carbons (Fsp3) is 0.154. The lowest BCUT2D eigenvalue weighted by atomic mass is 10.3. The highest BCUT2D eigenvalue weighted by Gasteiger charge is 2.09. The second kappa shape index (κ2) is 5.16. The normalized spacial score (nSPS) is 10.7. The number of fused-ring (bicyclic) bond motifs is 1. The lowest BCUT2D eigenvalue weighted by molar-refractivity contribution is -0.385. The highest BCUT2D eigenvalue weighted by Crippen LogP contribution is 2.15. The molecule has 2 aromatic heterocycles. The van der Waals surface area contributed by atoms with E-state index in [-0.39, 0.29) is 5.69 Å². The molecular weight excluding hydrogens is 272 g/mol. The number of anilines is 1. The number of nitrogens with one attached hydrogen (secondary N) is 1. The van der Waals surface area contributed by atoms with E-state index in [2.05, 4.69) is 20.3 Å². The summed E-state index contributed by atoms with van der Waals surface area (Å²) in [6, 6.07) is 7.84. The van der Waals surface area contributed by atoms with Gasteiger partial charge in [0.05, 0.1) is 22.5 Å². The van der Waals surface area contributed by atoms with Gasteiger partial charge in [0, 0.05) is 7.05 Å². The average molecular weight is 284 g/mol. The minimum atomic E-state index is -0.532. The van der Waals surface area contributed by atoms with E-state index in [1.54, 1.807) is 0 Å². The molecule has 1 aromatic carbocycles. The Balaban J connectivity index is 1.77. The quantitative estimate of drug-likeness (QED) is 0.580. The molecule has 0 aliphatic rings. The number of para-hydroxylation sites is 2. The zero-order valence-electron chi connectivity index (χ0n) is 11.2. The number of hydrogen-bond acceptors (Lipinski definition) is 6. The summed E-state index contributed by atoms with van der Waals surface area (Å²) in [5.74, 6) is 1.16. The Morgan fingerprint density at radius 2 is 2.00 bits per heavy atom. The highest BCUT2D eigenvalue weighted by molar-refractivity contribution is 5.75. The minimum absolute atomic E-state index is 0.136. The molecule has 0 unspecified atom stereocenters. The van der Waals surface area contributed by atoms with Gasteiger partial charge in [-0.15, -0.1) is 0 Å². The summed E-state index contributed by atoms with van der Waals surface area (Å²) in [6.07, 6.45) is 2.34. The van der Waals surface area contributed by atoms with Crippen molar-refractivity contribution in [2.75, 3.05) is 5.32 Å². The van der Waals surface area contributed by atoms with Crippen LogP contribution in [0.4, 0.5) is 11.6 Å². The fourth-order valence-corrected chi connectivity index (χ4v) is 2.02. The first-order valence-electron chi connectivity index (χ1n) is 6.26. The van der Waals surface area contributed by atoms with Crippen molar-refractivity contribution in [3.8, 4) is 0 Å². The van der Waals surface area contributed by atoms with E-state index in [1.807, 2.05) is 35.9 Å². The Labute approximate surface area is 119 Å². The molecule has 0 aliphatic carbocycles. The van der Waals surface area contributed by atoms with Crippen LogP contribution in [0.3, 0.4) is 0 Å². The Bertz CT molecular complexity index is 796. The largest absolute Gasteiger partial charge is 0.347 e. The summed E-state index contributed by atoms with van der Waals surface area (Å²) < 4.78 is 1.98. The second-order valence-electron chi connectivity index (χ2n) is 4.45. The van der Waals surface area contributed by atoms with Crippen molar-refractivity contribution in [2.24, 2.45) is 7.05 Å². The molecule has 0 spiro atoms. The molecule has 3 rings (SSSR count). The molecule has 1 N–H and O–H groups in total. The fourth-order valence-electron chi connectivity index (χ4n) is 2.02. The van der Waals surface area contributed by atoms with E-state index < -0.39 is 4.92 Å². The summed E-state index contributed by atoms with van der Waals surface area (Å²) in [4.78, 5) is 22.3. The summed E-state index contributed by atoms with van der Waals surface area (Å²) in [5.41, 5.74) is 1.82. The molecule has 0 radical (unpaired) electrons. The van der Waals surface area contributed by atoms with Crippen LogP contribution < -0.4 is 5.32 Å². The van der Waals surface area contributed by atoms with Crippen LogP contribution in [-0.2, 0) is 13.6 Å². The van der Waals surface area contributed by atoms with Crippen molar-refractivity contribution in [1.82, 2.24) is 19.5 Å². The monoisotopic (exact) mass is 284 g/mol. The Morgan fingerprint density at radius 1 is 1.29 bits per heavy atom. The average Bonchev–Trinajstić information content (AvgIpc) is 2.82. The van der Waals surface area contributed by atoms with Gasteiger partial charge in [0.1, 0.15) is 18.2 Å². The maximum atomic E-state index is 10.5. The number of benzene rings is 1. The van der Waals surface area contributed by atoms with Gasteiger partial charge in [-0.2, -0.15) is 0 Å². The molecule has 0 amide bonds. The van der Waals surface area contributed by atoms with Gasteiger partial charge in [-0.25, -0.2) is 15.0 Å². The Hall–Kier alpha value is -3.03. The number of aromatic nitrogens is 4. The second-order valence-corrected chi connectivity index (χ2v) is 4.45. The first-order chi connectivity index (χ1) is 10.1. The van der Waals surface area contributed by atoms with Crippen LogP contribution in [0.1, 0.15) is 5.82 Å². The number of nitro groups is 1. The van der Waals surface area contributed by atoms with Gasteiger partial charge < -0.3 is 9.88 Å². The summed E-state index contributed by atoms with van der Waals surface area (Å²) in [5, 5.41) is 13.5. The Morgan fingerprint density at radius 3 is 2.67 bits per heavy atom.